The lowest BCUT2D eigenvalue weighted by atomic mass is 9.85. The van der Waals surface area contributed by atoms with Crippen LogP contribution < -0.4 is 0 Å². The molecule has 0 saturated heterocycles. The predicted molar refractivity (Wildman–Crippen MR) is 235 cm³/mol. The van der Waals surface area contributed by atoms with Gasteiger partial charge in [-0.15, -0.1) is 0 Å². The molecular weight excluding hydrogens is 665 g/mol. The summed E-state index contributed by atoms with van der Waals surface area (Å²) in [5.74, 6) is 0. The fourth-order valence-corrected chi connectivity index (χ4v) is 9.86. The highest BCUT2D eigenvalue weighted by Gasteiger charge is 2.19. The molecule has 13 aromatic rings. The lowest BCUT2D eigenvalue weighted by molar-refractivity contribution is 0.673. The fourth-order valence-electron chi connectivity index (χ4n) is 9.86. The number of rotatable bonds is 3. The van der Waals surface area contributed by atoms with Crippen molar-refractivity contribution in [2.75, 3.05) is 0 Å². The molecule has 1 heteroatoms. The van der Waals surface area contributed by atoms with Gasteiger partial charge in [0.2, 0.25) is 0 Å². The predicted octanol–water partition coefficient (Wildman–Crippen LogP) is 15.5. The molecule has 1 aromatic heterocycles. The van der Waals surface area contributed by atoms with Crippen molar-refractivity contribution in [1.29, 1.82) is 0 Å². The molecule has 0 aliphatic heterocycles. The van der Waals surface area contributed by atoms with Crippen molar-refractivity contribution in [3.8, 4) is 33.4 Å². The quantitative estimate of drug-likeness (QED) is 0.168. The Morgan fingerprint density at radius 1 is 0.255 bits per heavy atom. The highest BCUT2D eigenvalue weighted by atomic mass is 16.3. The molecule has 13 rings (SSSR count). The molecule has 0 spiro atoms. The molecular formula is C54H30O. The molecule has 0 unspecified atom stereocenters. The average Bonchev–Trinajstić information content (AvgIpc) is 3.64. The van der Waals surface area contributed by atoms with Crippen molar-refractivity contribution in [3.05, 3.63) is 182 Å². The Balaban J connectivity index is 1.14. The molecule has 0 amide bonds. The summed E-state index contributed by atoms with van der Waals surface area (Å²) in [6, 6.07) is 67.6. The van der Waals surface area contributed by atoms with Crippen molar-refractivity contribution in [3.63, 3.8) is 0 Å². The van der Waals surface area contributed by atoms with Crippen LogP contribution in [0.1, 0.15) is 0 Å². The first-order valence-electron chi connectivity index (χ1n) is 19.1. The molecule has 252 valence electrons. The van der Waals surface area contributed by atoms with Gasteiger partial charge in [0.05, 0.1) is 0 Å². The van der Waals surface area contributed by atoms with Crippen LogP contribution in [-0.4, -0.2) is 0 Å². The zero-order valence-corrected chi connectivity index (χ0v) is 29.7. The summed E-state index contributed by atoms with van der Waals surface area (Å²) in [6.07, 6.45) is 0. The second-order valence-corrected chi connectivity index (χ2v) is 15.2. The van der Waals surface area contributed by atoms with E-state index in [1.54, 1.807) is 0 Å². The monoisotopic (exact) mass is 694 g/mol. The Kier molecular flexibility index (Phi) is 5.69. The highest BCUT2D eigenvalue weighted by Crippen LogP contribution is 2.46. The number of benzene rings is 12. The molecule has 0 aliphatic rings. The van der Waals surface area contributed by atoms with E-state index in [-0.39, 0.29) is 0 Å². The van der Waals surface area contributed by atoms with Gasteiger partial charge in [0, 0.05) is 16.2 Å². The number of hydrogen-bond acceptors (Lipinski definition) is 1. The van der Waals surface area contributed by atoms with Crippen molar-refractivity contribution < 1.29 is 4.42 Å². The summed E-state index contributed by atoms with van der Waals surface area (Å²) in [7, 11) is 0. The van der Waals surface area contributed by atoms with E-state index in [1.807, 2.05) is 0 Å². The lowest BCUT2D eigenvalue weighted by Crippen LogP contribution is -1.91. The van der Waals surface area contributed by atoms with Crippen molar-refractivity contribution >= 4 is 97.3 Å². The van der Waals surface area contributed by atoms with Crippen LogP contribution in [0.2, 0.25) is 0 Å². The Morgan fingerprint density at radius 3 is 1.29 bits per heavy atom. The van der Waals surface area contributed by atoms with E-state index in [9.17, 15) is 0 Å². The molecule has 0 atom stereocenters. The minimum absolute atomic E-state index is 0.904. The van der Waals surface area contributed by atoms with E-state index >= 15 is 0 Å². The summed E-state index contributed by atoms with van der Waals surface area (Å²) < 4.78 is 6.70. The summed E-state index contributed by atoms with van der Waals surface area (Å²) in [4.78, 5) is 0. The van der Waals surface area contributed by atoms with Crippen LogP contribution in [0.15, 0.2) is 186 Å². The first-order chi connectivity index (χ1) is 27.2. The van der Waals surface area contributed by atoms with E-state index in [2.05, 4.69) is 182 Å². The summed E-state index contributed by atoms with van der Waals surface area (Å²) in [5.41, 5.74) is 9.06. The third kappa shape index (κ3) is 4.02. The molecule has 0 saturated carbocycles. The first-order valence-corrected chi connectivity index (χ1v) is 19.1. The third-order valence-corrected chi connectivity index (χ3v) is 12.3. The minimum atomic E-state index is 0.904. The van der Waals surface area contributed by atoms with Gasteiger partial charge in [-0.2, -0.15) is 0 Å². The Bertz CT molecular complexity index is 3510. The zero-order valence-electron chi connectivity index (χ0n) is 29.7. The Morgan fingerprint density at radius 2 is 0.691 bits per heavy atom. The van der Waals surface area contributed by atoms with Gasteiger partial charge in [0.15, 0.2) is 0 Å². The van der Waals surface area contributed by atoms with Gasteiger partial charge in [-0.1, -0.05) is 152 Å². The Labute approximate surface area is 315 Å². The summed E-state index contributed by atoms with van der Waals surface area (Å²) in [6.45, 7) is 0. The minimum Gasteiger partial charge on any atom is -0.455 e. The Hall–Kier alpha value is -7.22. The molecule has 0 fully saturated rings. The topological polar surface area (TPSA) is 13.1 Å². The van der Waals surface area contributed by atoms with Crippen LogP contribution in [0.25, 0.3) is 131 Å². The van der Waals surface area contributed by atoms with Gasteiger partial charge in [0.1, 0.15) is 11.2 Å². The second kappa shape index (κ2) is 10.7. The molecule has 1 heterocycles. The third-order valence-electron chi connectivity index (χ3n) is 12.3. The van der Waals surface area contributed by atoms with Crippen molar-refractivity contribution in [2.45, 2.75) is 0 Å². The van der Waals surface area contributed by atoms with E-state index in [4.69, 9.17) is 4.42 Å². The molecule has 0 aliphatic carbocycles. The molecule has 55 heavy (non-hydrogen) atoms. The van der Waals surface area contributed by atoms with Crippen LogP contribution in [0.4, 0.5) is 0 Å². The summed E-state index contributed by atoms with van der Waals surface area (Å²) in [5, 5.41) is 20.2. The molecule has 0 N–H and O–H groups in total. The van der Waals surface area contributed by atoms with E-state index in [0.717, 1.165) is 27.3 Å². The van der Waals surface area contributed by atoms with Crippen LogP contribution >= 0.6 is 0 Å². The molecule has 1 nitrogen and oxygen atoms in total. The highest BCUT2D eigenvalue weighted by molar-refractivity contribution is 6.27. The van der Waals surface area contributed by atoms with Crippen LogP contribution in [0.3, 0.4) is 0 Å². The van der Waals surface area contributed by atoms with Gasteiger partial charge in [-0.25, -0.2) is 0 Å². The summed E-state index contributed by atoms with van der Waals surface area (Å²) >= 11 is 0. The van der Waals surface area contributed by atoms with Crippen LogP contribution in [0.5, 0.6) is 0 Å². The average molecular weight is 695 g/mol. The van der Waals surface area contributed by atoms with Crippen molar-refractivity contribution in [2.24, 2.45) is 0 Å². The largest absolute Gasteiger partial charge is 0.455 e. The van der Waals surface area contributed by atoms with Gasteiger partial charge < -0.3 is 4.42 Å². The fraction of sp³-hybridized carbons (Fsp3) is 0. The van der Waals surface area contributed by atoms with E-state index in [1.165, 1.54) is 103 Å². The SMILES string of the molecule is c1ccc2c(c1)ccc1c2oc2cccc(-c3cc(-c4ccc5ccc6cccc7ccc4c5c67)cc(-c4ccc5ccc6cccc7ccc4c5c67)c3)c21. The number of hydrogen-bond donors (Lipinski definition) is 0. The molecule has 12 aromatic carbocycles. The number of furan rings is 1. The molecule has 0 bridgehead atoms. The maximum atomic E-state index is 6.70. The maximum absolute atomic E-state index is 6.70. The lowest BCUT2D eigenvalue weighted by Gasteiger charge is -2.18. The second-order valence-electron chi connectivity index (χ2n) is 15.2. The van der Waals surface area contributed by atoms with Gasteiger partial charge in [-0.3, -0.25) is 0 Å². The van der Waals surface area contributed by atoms with Gasteiger partial charge in [-0.05, 0) is 134 Å². The van der Waals surface area contributed by atoms with Crippen LogP contribution in [0, 0.1) is 0 Å². The standard InChI is InChI=1S/C54H30O/c1-2-11-44-31(6-1)18-27-47-53-43(12-5-13-48(53)55-54(44)47)40-29-38(41-23-19-36-16-14-32-7-3-9-34-21-25-45(41)51(36)49(32)34)28-39(30-40)42-24-20-37-17-15-33-8-4-10-35-22-26-46(42)52(37)50(33)35/h1-30H. The number of fused-ring (bicyclic) bond motifs is 5. The first kappa shape index (κ1) is 29.3. The van der Waals surface area contributed by atoms with E-state index < -0.39 is 0 Å². The van der Waals surface area contributed by atoms with Gasteiger partial charge >= 0.3 is 0 Å². The molecule has 0 radical (unpaired) electrons. The zero-order chi connectivity index (χ0) is 35.8. The van der Waals surface area contributed by atoms with Crippen LogP contribution in [-0.2, 0) is 0 Å². The van der Waals surface area contributed by atoms with Gasteiger partial charge in [0.25, 0.3) is 0 Å². The maximum Gasteiger partial charge on any atom is 0.143 e. The smallest absolute Gasteiger partial charge is 0.143 e. The van der Waals surface area contributed by atoms with E-state index in [0.29, 0.717) is 0 Å². The van der Waals surface area contributed by atoms with Crippen molar-refractivity contribution in [1.82, 2.24) is 0 Å². The normalized spacial score (nSPS) is 12.4.